The Kier molecular flexibility index (Phi) is 5.06. The van der Waals surface area contributed by atoms with Crippen LogP contribution in [0.5, 0.6) is 0 Å². The molecule has 2 N–H and O–H groups in total. The van der Waals surface area contributed by atoms with E-state index in [2.05, 4.69) is 10.3 Å². The topological polar surface area (TPSA) is 90.9 Å². The summed E-state index contributed by atoms with van der Waals surface area (Å²) in [6, 6.07) is 11.6. The molecule has 1 amide bonds. The zero-order valence-electron chi connectivity index (χ0n) is 15.8. The van der Waals surface area contributed by atoms with Gasteiger partial charge in [-0.3, -0.25) is 4.79 Å². The first kappa shape index (κ1) is 19.7. The van der Waals surface area contributed by atoms with Crippen LogP contribution < -0.4 is 5.32 Å². The lowest BCUT2D eigenvalue weighted by Gasteiger charge is -2.22. The standard InChI is InChI=1S/C22H18F2N4O2/c23-17-4-2-1-3-15(17)11-27-21(29)9-22(30)8-19(28-13-26-12-20(22)28)16-6-5-14(10-25)7-18(16)24/h1-7,12-13,19,30H,8-9,11H2,(H,27,29)/t19-,22+/m1/s1. The highest BCUT2D eigenvalue weighted by molar-refractivity contribution is 5.77. The molecule has 2 heterocycles. The first-order chi connectivity index (χ1) is 14.4. The SMILES string of the molecule is N#Cc1ccc([C@H]2C[C@](O)(CC(=O)NCc3ccccc3F)c3cncn32)c(F)c1. The van der Waals surface area contributed by atoms with Crippen LogP contribution in [0.3, 0.4) is 0 Å². The van der Waals surface area contributed by atoms with Gasteiger partial charge in [0.25, 0.3) is 0 Å². The molecule has 2 aromatic carbocycles. The second-order valence-electron chi connectivity index (χ2n) is 7.33. The maximum absolute atomic E-state index is 14.6. The number of aromatic nitrogens is 2. The van der Waals surface area contributed by atoms with E-state index in [-0.39, 0.29) is 24.9 Å². The number of benzene rings is 2. The van der Waals surface area contributed by atoms with Crippen LogP contribution in [0.2, 0.25) is 0 Å². The smallest absolute Gasteiger partial charge is 0.223 e. The zero-order chi connectivity index (χ0) is 21.3. The average molecular weight is 408 g/mol. The van der Waals surface area contributed by atoms with E-state index in [1.165, 1.54) is 30.7 Å². The van der Waals surface area contributed by atoms with Gasteiger partial charge in [0.2, 0.25) is 5.91 Å². The van der Waals surface area contributed by atoms with E-state index in [1.807, 2.05) is 6.07 Å². The molecule has 6 nitrogen and oxygen atoms in total. The fourth-order valence-electron chi connectivity index (χ4n) is 3.89. The zero-order valence-corrected chi connectivity index (χ0v) is 15.8. The summed E-state index contributed by atoms with van der Waals surface area (Å²) in [5.74, 6) is -1.45. The molecule has 4 rings (SSSR count). The molecule has 0 saturated heterocycles. The van der Waals surface area contributed by atoms with Gasteiger partial charge in [-0.1, -0.05) is 24.3 Å². The maximum atomic E-state index is 14.6. The predicted octanol–water partition coefficient (Wildman–Crippen LogP) is 2.92. The van der Waals surface area contributed by atoms with Crippen LogP contribution >= 0.6 is 0 Å². The number of carbonyl (C=O) groups excluding carboxylic acids is 1. The van der Waals surface area contributed by atoms with Crippen LogP contribution in [0.1, 0.15) is 41.3 Å². The number of aliphatic hydroxyl groups is 1. The van der Waals surface area contributed by atoms with Gasteiger partial charge in [-0.05, 0) is 18.2 Å². The molecular weight excluding hydrogens is 390 g/mol. The largest absolute Gasteiger partial charge is 0.383 e. The molecule has 3 aromatic rings. The summed E-state index contributed by atoms with van der Waals surface area (Å²) in [6.07, 6.45) is 2.72. The van der Waals surface area contributed by atoms with E-state index in [0.29, 0.717) is 16.8 Å². The van der Waals surface area contributed by atoms with E-state index in [1.54, 1.807) is 22.8 Å². The number of halogens is 2. The average Bonchev–Trinajstić information content (AvgIpc) is 3.31. The Morgan fingerprint density at radius 2 is 2.10 bits per heavy atom. The summed E-state index contributed by atoms with van der Waals surface area (Å²) in [5, 5.41) is 22.8. The third-order valence-electron chi connectivity index (χ3n) is 5.39. The second kappa shape index (κ2) is 7.69. The lowest BCUT2D eigenvalue weighted by molar-refractivity contribution is -0.126. The lowest BCUT2D eigenvalue weighted by Crippen LogP contribution is -2.33. The summed E-state index contributed by atoms with van der Waals surface area (Å²) in [6.45, 7) is -0.00543. The van der Waals surface area contributed by atoms with Crippen LogP contribution in [0.4, 0.5) is 8.78 Å². The van der Waals surface area contributed by atoms with E-state index in [4.69, 9.17) is 5.26 Å². The monoisotopic (exact) mass is 408 g/mol. The van der Waals surface area contributed by atoms with Crippen LogP contribution in [0, 0.1) is 23.0 Å². The minimum atomic E-state index is -1.55. The number of nitrogens with one attached hydrogen (secondary N) is 1. The summed E-state index contributed by atoms with van der Waals surface area (Å²) in [5.41, 5.74) is -0.316. The number of carbonyl (C=O) groups is 1. The molecule has 2 atom stereocenters. The second-order valence-corrected chi connectivity index (χ2v) is 7.33. The molecular formula is C22H18F2N4O2. The molecule has 0 fully saturated rings. The van der Waals surface area contributed by atoms with Crippen molar-refractivity contribution in [3.05, 3.63) is 89.0 Å². The number of hydrogen-bond acceptors (Lipinski definition) is 4. The Bertz CT molecular complexity index is 1150. The molecule has 1 aromatic heterocycles. The Morgan fingerprint density at radius 1 is 1.30 bits per heavy atom. The fourth-order valence-corrected chi connectivity index (χ4v) is 3.89. The molecule has 0 aliphatic carbocycles. The van der Waals surface area contributed by atoms with Gasteiger partial charge in [0, 0.05) is 24.1 Å². The number of hydrogen-bond donors (Lipinski definition) is 2. The molecule has 8 heteroatoms. The van der Waals surface area contributed by atoms with Crippen LogP contribution in [-0.4, -0.2) is 20.6 Å². The molecule has 0 bridgehead atoms. The normalized spacial score (nSPS) is 19.9. The minimum Gasteiger partial charge on any atom is -0.383 e. The quantitative estimate of drug-likeness (QED) is 0.679. The van der Waals surface area contributed by atoms with Gasteiger partial charge in [-0.15, -0.1) is 0 Å². The van der Waals surface area contributed by atoms with Crippen molar-refractivity contribution >= 4 is 5.91 Å². The molecule has 0 unspecified atom stereocenters. The number of amides is 1. The third kappa shape index (κ3) is 3.55. The molecule has 0 saturated carbocycles. The van der Waals surface area contributed by atoms with Crippen LogP contribution in [-0.2, 0) is 16.9 Å². The fraction of sp³-hybridized carbons (Fsp3) is 0.227. The Labute approximate surface area is 171 Å². The van der Waals surface area contributed by atoms with E-state index < -0.39 is 29.2 Å². The maximum Gasteiger partial charge on any atom is 0.223 e. The van der Waals surface area contributed by atoms with Crippen molar-refractivity contribution in [1.82, 2.24) is 14.9 Å². The van der Waals surface area contributed by atoms with E-state index >= 15 is 0 Å². The molecule has 1 aliphatic rings. The van der Waals surface area contributed by atoms with Gasteiger partial charge in [0.05, 0.1) is 42.3 Å². The molecule has 152 valence electrons. The van der Waals surface area contributed by atoms with Crippen molar-refractivity contribution in [2.75, 3.05) is 0 Å². The molecule has 0 spiro atoms. The van der Waals surface area contributed by atoms with Crippen molar-refractivity contribution in [2.45, 2.75) is 31.0 Å². The van der Waals surface area contributed by atoms with E-state index in [9.17, 15) is 18.7 Å². The van der Waals surface area contributed by atoms with Gasteiger partial charge in [-0.25, -0.2) is 13.8 Å². The Balaban J connectivity index is 1.53. The first-order valence-electron chi connectivity index (χ1n) is 9.35. The Hall–Kier alpha value is -3.57. The molecule has 30 heavy (non-hydrogen) atoms. The van der Waals surface area contributed by atoms with Crippen LogP contribution in [0.15, 0.2) is 55.0 Å². The van der Waals surface area contributed by atoms with E-state index in [0.717, 1.165) is 6.07 Å². The van der Waals surface area contributed by atoms with Crippen molar-refractivity contribution in [3.8, 4) is 6.07 Å². The predicted molar refractivity (Wildman–Crippen MR) is 103 cm³/mol. The summed E-state index contributed by atoms with van der Waals surface area (Å²) >= 11 is 0. The van der Waals surface area contributed by atoms with Gasteiger partial charge in [0.1, 0.15) is 17.2 Å². The molecule has 0 radical (unpaired) electrons. The van der Waals surface area contributed by atoms with Gasteiger partial charge < -0.3 is 15.0 Å². The van der Waals surface area contributed by atoms with Crippen molar-refractivity contribution in [1.29, 1.82) is 5.26 Å². The number of nitriles is 1. The third-order valence-corrected chi connectivity index (χ3v) is 5.39. The van der Waals surface area contributed by atoms with Gasteiger partial charge in [0.15, 0.2) is 0 Å². The Morgan fingerprint density at radius 3 is 2.83 bits per heavy atom. The summed E-state index contributed by atoms with van der Waals surface area (Å²) in [7, 11) is 0. The highest BCUT2D eigenvalue weighted by Gasteiger charge is 2.45. The number of nitrogens with zero attached hydrogens (tertiary/aromatic N) is 3. The first-order valence-corrected chi connectivity index (χ1v) is 9.35. The highest BCUT2D eigenvalue weighted by atomic mass is 19.1. The molecule has 1 aliphatic heterocycles. The minimum absolute atomic E-state index is 0.00543. The lowest BCUT2D eigenvalue weighted by atomic mass is 9.90. The summed E-state index contributed by atoms with van der Waals surface area (Å²) < 4.78 is 29.9. The van der Waals surface area contributed by atoms with Crippen molar-refractivity contribution in [2.24, 2.45) is 0 Å². The van der Waals surface area contributed by atoms with Crippen LogP contribution in [0.25, 0.3) is 0 Å². The summed E-state index contributed by atoms with van der Waals surface area (Å²) in [4.78, 5) is 16.5. The number of rotatable bonds is 5. The highest BCUT2D eigenvalue weighted by Crippen LogP contribution is 2.45. The van der Waals surface area contributed by atoms with Crippen molar-refractivity contribution in [3.63, 3.8) is 0 Å². The van der Waals surface area contributed by atoms with Crippen molar-refractivity contribution < 1.29 is 18.7 Å². The van der Waals surface area contributed by atoms with Gasteiger partial charge >= 0.3 is 0 Å². The van der Waals surface area contributed by atoms with Gasteiger partial charge in [-0.2, -0.15) is 5.26 Å². The number of fused-ring (bicyclic) bond motifs is 1. The number of imidazole rings is 1.